The van der Waals surface area contributed by atoms with Crippen LogP contribution in [-0.2, 0) is 30.6 Å². The third-order valence-corrected chi connectivity index (χ3v) is 5.80. The summed E-state index contributed by atoms with van der Waals surface area (Å²) in [4.78, 5) is 17.1. The van der Waals surface area contributed by atoms with E-state index in [1.165, 1.54) is 11.1 Å². The van der Waals surface area contributed by atoms with Crippen LogP contribution in [0.4, 0.5) is 0 Å². The van der Waals surface area contributed by atoms with E-state index in [1.54, 1.807) is 0 Å². The lowest BCUT2D eigenvalue weighted by molar-refractivity contribution is -0.121. The van der Waals surface area contributed by atoms with Gasteiger partial charge in [-0.1, -0.05) is 61.5 Å². The molecule has 1 N–H and O–H groups in total. The molecule has 1 aromatic heterocycles. The number of carbonyl (C=O) groups excluding carboxylic acids is 1. The molecule has 0 saturated heterocycles. The highest BCUT2D eigenvalue weighted by Crippen LogP contribution is 2.17. The van der Waals surface area contributed by atoms with Crippen molar-refractivity contribution in [2.24, 2.45) is 0 Å². The number of fused-ring (bicyclic) bond motifs is 1. The molecule has 1 heterocycles. The van der Waals surface area contributed by atoms with E-state index < -0.39 is 0 Å². The molecule has 0 fully saturated rings. The highest BCUT2D eigenvalue weighted by Gasteiger charge is 2.11. The predicted molar refractivity (Wildman–Crippen MR) is 133 cm³/mol. The summed E-state index contributed by atoms with van der Waals surface area (Å²) in [6, 6.07) is 26.5. The lowest BCUT2D eigenvalue weighted by Crippen LogP contribution is -2.27. The summed E-state index contributed by atoms with van der Waals surface area (Å²) in [6.07, 6.45) is 2.94. The zero-order valence-corrected chi connectivity index (χ0v) is 19.2. The number of benzene rings is 3. The van der Waals surface area contributed by atoms with Crippen LogP contribution in [0.3, 0.4) is 0 Å². The molecular formula is C28H31N3O2. The van der Waals surface area contributed by atoms with Crippen molar-refractivity contribution >= 4 is 16.9 Å². The molecule has 0 saturated carbocycles. The van der Waals surface area contributed by atoms with Crippen LogP contribution in [0.1, 0.15) is 30.3 Å². The van der Waals surface area contributed by atoms with Gasteiger partial charge in [0, 0.05) is 19.4 Å². The molecule has 33 heavy (non-hydrogen) atoms. The first kappa shape index (κ1) is 22.6. The van der Waals surface area contributed by atoms with Gasteiger partial charge in [0.05, 0.1) is 17.6 Å². The van der Waals surface area contributed by atoms with Gasteiger partial charge in [-0.15, -0.1) is 0 Å². The summed E-state index contributed by atoms with van der Waals surface area (Å²) in [5.74, 6) is 1.91. The molecular weight excluding hydrogens is 410 g/mol. The minimum Gasteiger partial charge on any atom is -0.492 e. The monoisotopic (exact) mass is 441 g/mol. The smallest absolute Gasteiger partial charge is 0.220 e. The molecule has 0 radical (unpaired) electrons. The summed E-state index contributed by atoms with van der Waals surface area (Å²) >= 11 is 0. The molecule has 4 rings (SSSR count). The van der Waals surface area contributed by atoms with E-state index in [-0.39, 0.29) is 5.91 Å². The van der Waals surface area contributed by atoms with Gasteiger partial charge < -0.3 is 14.6 Å². The molecule has 0 aliphatic rings. The zero-order valence-electron chi connectivity index (χ0n) is 19.2. The van der Waals surface area contributed by atoms with Crippen LogP contribution in [0, 0.1) is 0 Å². The Labute approximate surface area is 195 Å². The fourth-order valence-corrected chi connectivity index (χ4v) is 3.95. The number of carbonyl (C=O) groups is 1. The Bertz CT molecular complexity index is 1170. The number of amides is 1. The van der Waals surface area contributed by atoms with Crippen LogP contribution in [0.25, 0.3) is 11.0 Å². The van der Waals surface area contributed by atoms with Crippen LogP contribution in [0.5, 0.6) is 5.75 Å². The maximum absolute atomic E-state index is 12.3. The van der Waals surface area contributed by atoms with Gasteiger partial charge in [-0.05, 0) is 48.2 Å². The van der Waals surface area contributed by atoms with E-state index in [4.69, 9.17) is 9.72 Å². The van der Waals surface area contributed by atoms with Gasteiger partial charge in [-0.25, -0.2) is 4.98 Å². The van der Waals surface area contributed by atoms with Crippen LogP contribution < -0.4 is 10.1 Å². The number of aryl methyl sites for hydroxylation is 2. The Hall–Kier alpha value is -3.60. The lowest BCUT2D eigenvalue weighted by atomic mass is 10.1. The molecule has 4 aromatic rings. The molecule has 3 aromatic carbocycles. The molecule has 0 aliphatic heterocycles. The summed E-state index contributed by atoms with van der Waals surface area (Å²) in [6.45, 7) is 3.97. The lowest BCUT2D eigenvalue weighted by Gasteiger charge is -2.12. The quantitative estimate of drug-likeness (QED) is 0.358. The molecule has 0 spiro atoms. The molecule has 1 amide bonds. The number of hydrogen-bond donors (Lipinski definition) is 1. The highest BCUT2D eigenvalue weighted by molar-refractivity contribution is 5.77. The van der Waals surface area contributed by atoms with Crippen molar-refractivity contribution in [2.75, 3.05) is 13.2 Å². The Morgan fingerprint density at radius 2 is 1.67 bits per heavy atom. The van der Waals surface area contributed by atoms with Crippen molar-refractivity contribution in [2.45, 2.75) is 39.2 Å². The average molecular weight is 442 g/mol. The largest absolute Gasteiger partial charge is 0.492 e. The van der Waals surface area contributed by atoms with Crippen molar-refractivity contribution in [1.82, 2.24) is 14.9 Å². The molecule has 5 heteroatoms. The second-order valence-corrected chi connectivity index (χ2v) is 8.10. The van der Waals surface area contributed by atoms with Crippen LogP contribution in [0.15, 0.2) is 78.9 Å². The Morgan fingerprint density at radius 1 is 0.909 bits per heavy atom. The third-order valence-electron chi connectivity index (χ3n) is 5.80. The van der Waals surface area contributed by atoms with Crippen LogP contribution in [0.2, 0.25) is 0 Å². The number of aromatic nitrogens is 2. The normalized spacial score (nSPS) is 10.9. The number of para-hydroxylation sites is 2. The van der Waals surface area contributed by atoms with Gasteiger partial charge in [0.25, 0.3) is 0 Å². The highest BCUT2D eigenvalue weighted by atomic mass is 16.5. The minimum absolute atomic E-state index is 0.0698. The van der Waals surface area contributed by atoms with Gasteiger partial charge in [0.2, 0.25) is 5.91 Å². The molecule has 0 unspecified atom stereocenters. The first-order chi connectivity index (χ1) is 16.2. The molecule has 0 atom stereocenters. The van der Waals surface area contributed by atoms with E-state index >= 15 is 0 Å². The maximum atomic E-state index is 12.3. The number of hydrogen-bond acceptors (Lipinski definition) is 3. The molecule has 0 bridgehead atoms. The zero-order chi connectivity index (χ0) is 22.9. The topological polar surface area (TPSA) is 56.1 Å². The number of nitrogens with one attached hydrogen (secondary N) is 1. The van der Waals surface area contributed by atoms with Crippen molar-refractivity contribution in [3.05, 3.63) is 95.8 Å². The van der Waals surface area contributed by atoms with E-state index in [0.717, 1.165) is 35.4 Å². The Kier molecular flexibility index (Phi) is 7.75. The van der Waals surface area contributed by atoms with Crippen LogP contribution >= 0.6 is 0 Å². The third kappa shape index (κ3) is 6.22. The van der Waals surface area contributed by atoms with Crippen molar-refractivity contribution in [3.63, 3.8) is 0 Å². The first-order valence-corrected chi connectivity index (χ1v) is 11.7. The second-order valence-electron chi connectivity index (χ2n) is 8.10. The van der Waals surface area contributed by atoms with Crippen molar-refractivity contribution < 1.29 is 9.53 Å². The fraction of sp³-hybridized carbons (Fsp3) is 0.286. The second kappa shape index (κ2) is 11.3. The van der Waals surface area contributed by atoms with Crippen molar-refractivity contribution in [1.29, 1.82) is 0 Å². The molecule has 0 aliphatic carbocycles. The predicted octanol–water partition coefficient (Wildman–Crippen LogP) is 4.97. The number of rotatable bonds is 11. The fourth-order valence-electron chi connectivity index (χ4n) is 3.95. The van der Waals surface area contributed by atoms with Gasteiger partial charge in [-0.2, -0.15) is 0 Å². The minimum atomic E-state index is 0.0698. The SMILES string of the molecule is CCc1ccc(OCCn2c(CCNC(=O)CCc3ccccc3)nc3ccccc32)cc1. The molecule has 5 nitrogen and oxygen atoms in total. The molecule has 170 valence electrons. The summed E-state index contributed by atoms with van der Waals surface area (Å²) in [5, 5.41) is 3.04. The van der Waals surface area contributed by atoms with E-state index in [9.17, 15) is 4.79 Å². The van der Waals surface area contributed by atoms with Gasteiger partial charge in [0.15, 0.2) is 0 Å². The Morgan fingerprint density at radius 3 is 2.45 bits per heavy atom. The average Bonchev–Trinajstić information content (AvgIpc) is 3.21. The maximum Gasteiger partial charge on any atom is 0.220 e. The summed E-state index contributed by atoms with van der Waals surface area (Å²) in [7, 11) is 0. The van der Waals surface area contributed by atoms with Gasteiger partial charge in [-0.3, -0.25) is 4.79 Å². The van der Waals surface area contributed by atoms with Crippen LogP contribution in [-0.4, -0.2) is 28.6 Å². The van der Waals surface area contributed by atoms with E-state index in [2.05, 4.69) is 47.1 Å². The number of ether oxygens (including phenoxy) is 1. The van der Waals surface area contributed by atoms with Gasteiger partial charge in [0.1, 0.15) is 18.2 Å². The summed E-state index contributed by atoms with van der Waals surface area (Å²) in [5.41, 5.74) is 4.54. The Balaban J connectivity index is 1.32. The number of imidazole rings is 1. The van der Waals surface area contributed by atoms with E-state index in [1.807, 2.05) is 48.5 Å². The van der Waals surface area contributed by atoms with Gasteiger partial charge >= 0.3 is 0 Å². The first-order valence-electron chi connectivity index (χ1n) is 11.7. The van der Waals surface area contributed by atoms with Crippen molar-refractivity contribution in [3.8, 4) is 5.75 Å². The number of nitrogens with zero attached hydrogens (tertiary/aromatic N) is 2. The van der Waals surface area contributed by atoms with E-state index in [0.29, 0.717) is 32.5 Å². The summed E-state index contributed by atoms with van der Waals surface area (Å²) < 4.78 is 8.18. The standard InChI is InChI=1S/C28H31N3O2/c1-2-22-12-15-24(16-13-22)33-21-20-31-26-11-7-6-10-25(26)30-27(31)18-19-29-28(32)17-14-23-8-4-3-5-9-23/h3-13,15-16H,2,14,17-21H2,1H3,(H,29,32).